The summed E-state index contributed by atoms with van der Waals surface area (Å²) < 4.78 is 5.85. The van der Waals surface area contributed by atoms with Gasteiger partial charge in [-0.05, 0) is 54.6 Å². The third kappa shape index (κ3) is 3.36. The number of hydrogen-bond acceptors (Lipinski definition) is 0. The van der Waals surface area contributed by atoms with Gasteiger partial charge in [-0.15, -0.1) is 0 Å². The number of nitrogens with one attached hydrogen (secondary N) is 2. The number of aromatic amines is 2. The van der Waals surface area contributed by atoms with Gasteiger partial charge in [-0.1, -0.05) is 101 Å². The van der Waals surface area contributed by atoms with Gasteiger partial charge in [0.2, 0.25) is 0 Å². The lowest BCUT2D eigenvalue weighted by atomic mass is 10.1. The van der Waals surface area contributed by atoms with Crippen LogP contribution >= 0.6 is 15.9 Å². The van der Waals surface area contributed by atoms with Crippen molar-refractivity contribution in [2.45, 2.75) is 0 Å². The molecule has 0 amide bonds. The number of halogens is 1. The Hall–Kier alpha value is -5.78. The standard InChI is InChI=1S/C42H25BrN4/c43-24-21-25(46-35-15-7-3-11-31(35)39-37(46)19-17-29-27-9-1-5-13-33(27)44-41(29)39)23-26(22-24)47-36-16-8-4-12-32(36)40-38(47)20-18-30-28-10-2-6-14-34(28)45-42(30)40/h1-23,44-45H. The molecule has 11 rings (SSSR count). The van der Waals surface area contributed by atoms with Crippen LogP contribution in [-0.2, 0) is 0 Å². The quantitative estimate of drug-likeness (QED) is 0.185. The van der Waals surface area contributed by atoms with Crippen LogP contribution in [-0.4, -0.2) is 19.1 Å². The molecule has 0 spiro atoms. The summed E-state index contributed by atoms with van der Waals surface area (Å²) in [5.74, 6) is 0. The van der Waals surface area contributed by atoms with E-state index in [0.29, 0.717) is 0 Å². The zero-order valence-electron chi connectivity index (χ0n) is 25.1. The van der Waals surface area contributed by atoms with Gasteiger partial charge in [-0.2, -0.15) is 0 Å². The molecule has 0 radical (unpaired) electrons. The number of nitrogens with zero attached hydrogens (tertiary/aromatic N) is 2. The molecule has 5 heteroatoms. The summed E-state index contributed by atoms with van der Waals surface area (Å²) in [7, 11) is 0. The van der Waals surface area contributed by atoms with E-state index in [1.54, 1.807) is 0 Å². The Bertz CT molecular complexity index is 2890. The Labute approximate surface area is 276 Å². The highest BCUT2D eigenvalue weighted by Crippen LogP contribution is 2.42. The SMILES string of the molecule is Brc1cc(-n2c3ccccc3c3c4[nH]c5ccccc5c4ccc32)cc(-n2c3ccccc3c3c4[nH]c5ccccc5c4ccc32)c1. The second-order valence-corrected chi connectivity index (χ2v) is 13.4. The van der Waals surface area contributed by atoms with Crippen LogP contribution in [0, 0.1) is 0 Å². The third-order valence-corrected chi connectivity index (χ3v) is 10.5. The van der Waals surface area contributed by atoms with E-state index in [1.807, 2.05) is 0 Å². The Balaban J connectivity index is 1.23. The Kier molecular flexibility index (Phi) is 4.95. The maximum Gasteiger partial charge on any atom is 0.0566 e. The van der Waals surface area contributed by atoms with E-state index in [1.165, 1.54) is 76.2 Å². The molecule has 7 aromatic carbocycles. The molecule has 0 aliphatic carbocycles. The first-order valence-electron chi connectivity index (χ1n) is 15.9. The molecule has 0 aliphatic heterocycles. The number of hydrogen-bond donors (Lipinski definition) is 2. The molecule has 0 bridgehead atoms. The van der Waals surface area contributed by atoms with Crippen molar-refractivity contribution in [1.82, 2.24) is 19.1 Å². The molecule has 4 nitrogen and oxygen atoms in total. The predicted octanol–water partition coefficient (Wildman–Crippen LogP) is 11.9. The fraction of sp³-hybridized carbons (Fsp3) is 0. The van der Waals surface area contributed by atoms with Crippen molar-refractivity contribution in [3.05, 3.63) is 144 Å². The number of rotatable bonds is 2. The molecule has 11 aromatic rings. The molecule has 0 unspecified atom stereocenters. The van der Waals surface area contributed by atoms with Gasteiger partial charge in [0.05, 0.1) is 33.1 Å². The maximum atomic E-state index is 3.93. The van der Waals surface area contributed by atoms with Gasteiger partial charge >= 0.3 is 0 Å². The van der Waals surface area contributed by atoms with Crippen LogP contribution in [0.4, 0.5) is 0 Å². The second kappa shape index (κ2) is 9.15. The zero-order valence-corrected chi connectivity index (χ0v) is 26.6. The van der Waals surface area contributed by atoms with E-state index >= 15 is 0 Å². The van der Waals surface area contributed by atoms with Crippen molar-refractivity contribution in [3.63, 3.8) is 0 Å². The topological polar surface area (TPSA) is 41.4 Å². The van der Waals surface area contributed by atoms with Crippen LogP contribution in [0.15, 0.2) is 144 Å². The molecule has 0 atom stereocenters. The first-order valence-corrected chi connectivity index (χ1v) is 16.7. The summed E-state index contributed by atoms with van der Waals surface area (Å²) in [5, 5.41) is 9.96. The predicted molar refractivity (Wildman–Crippen MR) is 202 cm³/mol. The zero-order chi connectivity index (χ0) is 30.8. The highest BCUT2D eigenvalue weighted by atomic mass is 79.9. The van der Waals surface area contributed by atoms with Gasteiger partial charge in [0.15, 0.2) is 0 Å². The van der Waals surface area contributed by atoms with Crippen LogP contribution < -0.4 is 0 Å². The van der Waals surface area contributed by atoms with E-state index in [4.69, 9.17) is 0 Å². The molecule has 2 N–H and O–H groups in total. The third-order valence-electron chi connectivity index (χ3n) is 10.0. The van der Waals surface area contributed by atoms with Crippen LogP contribution in [0.5, 0.6) is 0 Å². The van der Waals surface area contributed by atoms with Crippen molar-refractivity contribution >= 4 is 103 Å². The highest BCUT2D eigenvalue weighted by Gasteiger charge is 2.20. The first kappa shape index (κ1) is 25.4. The van der Waals surface area contributed by atoms with Gasteiger partial charge in [0.1, 0.15) is 0 Å². The molecule has 4 heterocycles. The van der Waals surface area contributed by atoms with Crippen LogP contribution in [0.3, 0.4) is 0 Å². The Morgan fingerprint density at radius 2 is 0.809 bits per heavy atom. The van der Waals surface area contributed by atoms with Gasteiger partial charge < -0.3 is 19.1 Å². The highest BCUT2D eigenvalue weighted by molar-refractivity contribution is 9.10. The number of H-pyrrole nitrogens is 2. The molecular formula is C42H25BrN4. The lowest BCUT2D eigenvalue weighted by Gasteiger charge is -2.14. The minimum Gasteiger partial charge on any atom is -0.354 e. The van der Waals surface area contributed by atoms with Crippen LogP contribution in [0.25, 0.3) is 98.6 Å². The fourth-order valence-electron chi connectivity index (χ4n) is 8.13. The van der Waals surface area contributed by atoms with Gasteiger partial charge in [-0.25, -0.2) is 0 Å². The van der Waals surface area contributed by atoms with Crippen molar-refractivity contribution in [3.8, 4) is 11.4 Å². The number of benzene rings is 7. The van der Waals surface area contributed by atoms with Gasteiger partial charge in [0, 0.05) is 70.0 Å². The van der Waals surface area contributed by atoms with Crippen molar-refractivity contribution in [2.24, 2.45) is 0 Å². The van der Waals surface area contributed by atoms with E-state index in [-0.39, 0.29) is 0 Å². The largest absolute Gasteiger partial charge is 0.354 e. The molecular weight excluding hydrogens is 640 g/mol. The molecule has 0 fully saturated rings. The summed E-state index contributed by atoms with van der Waals surface area (Å²) in [4.78, 5) is 7.52. The molecule has 0 saturated carbocycles. The maximum absolute atomic E-state index is 3.93. The van der Waals surface area contributed by atoms with Crippen LogP contribution in [0.1, 0.15) is 0 Å². The van der Waals surface area contributed by atoms with Gasteiger partial charge in [-0.3, -0.25) is 0 Å². The molecule has 4 aromatic heterocycles. The smallest absolute Gasteiger partial charge is 0.0566 e. The second-order valence-electron chi connectivity index (χ2n) is 12.5. The monoisotopic (exact) mass is 664 g/mol. The normalized spacial score (nSPS) is 12.4. The lowest BCUT2D eigenvalue weighted by molar-refractivity contribution is 1.13. The average Bonchev–Trinajstić information content (AvgIpc) is 3.85. The Morgan fingerprint density at radius 1 is 0.383 bits per heavy atom. The van der Waals surface area contributed by atoms with Crippen molar-refractivity contribution in [1.29, 1.82) is 0 Å². The average molecular weight is 666 g/mol. The van der Waals surface area contributed by atoms with E-state index in [9.17, 15) is 0 Å². The molecule has 0 saturated heterocycles. The van der Waals surface area contributed by atoms with E-state index < -0.39 is 0 Å². The summed E-state index contributed by atoms with van der Waals surface area (Å²) in [6.07, 6.45) is 0. The summed E-state index contributed by atoms with van der Waals surface area (Å²) in [6.45, 7) is 0. The minimum absolute atomic E-state index is 1.03. The molecule has 0 aliphatic rings. The minimum atomic E-state index is 1.03. The fourth-order valence-corrected chi connectivity index (χ4v) is 8.60. The van der Waals surface area contributed by atoms with Crippen LogP contribution in [0.2, 0.25) is 0 Å². The molecule has 47 heavy (non-hydrogen) atoms. The number of fused-ring (bicyclic) bond motifs is 14. The van der Waals surface area contributed by atoms with E-state index in [0.717, 1.165) is 26.9 Å². The lowest BCUT2D eigenvalue weighted by Crippen LogP contribution is -1.99. The summed E-state index contributed by atoms with van der Waals surface area (Å²) >= 11 is 3.93. The number of para-hydroxylation sites is 4. The summed E-state index contributed by atoms with van der Waals surface area (Å²) in [6, 6.07) is 50.6. The van der Waals surface area contributed by atoms with Crippen molar-refractivity contribution in [2.75, 3.05) is 0 Å². The molecule has 220 valence electrons. The van der Waals surface area contributed by atoms with E-state index in [2.05, 4.69) is 175 Å². The first-order chi connectivity index (χ1) is 23.2. The summed E-state index contributed by atoms with van der Waals surface area (Å²) in [5.41, 5.74) is 11.6. The Morgan fingerprint density at radius 3 is 1.30 bits per heavy atom. The van der Waals surface area contributed by atoms with Gasteiger partial charge in [0.25, 0.3) is 0 Å². The number of aromatic nitrogens is 4. The van der Waals surface area contributed by atoms with Crippen molar-refractivity contribution < 1.29 is 0 Å².